The Kier molecular flexibility index (Phi) is 5.95. The zero-order valence-electron chi connectivity index (χ0n) is 14.7. The lowest BCUT2D eigenvalue weighted by Gasteiger charge is -2.28. The summed E-state index contributed by atoms with van der Waals surface area (Å²) in [4.78, 5) is 1.19. The molecule has 148 valence electrons. The monoisotopic (exact) mass is 439 g/mol. The van der Waals surface area contributed by atoms with Crippen molar-refractivity contribution in [3.63, 3.8) is 0 Å². The van der Waals surface area contributed by atoms with E-state index in [2.05, 4.69) is 4.72 Å². The van der Waals surface area contributed by atoms with Crippen LogP contribution in [0.4, 0.5) is 0 Å². The second kappa shape index (κ2) is 8.09. The van der Waals surface area contributed by atoms with Crippen molar-refractivity contribution in [3.8, 4) is 6.19 Å². The van der Waals surface area contributed by atoms with Crippen LogP contribution in [0.2, 0.25) is 5.02 Å². The average Bonchev–Trinajstić information content (AvgIpc) is 2.69. The fourth-order valence-electron chi connectivity index (χ4n) is 2.97. The Hall–Kier alpha value is -2.12. The molecule has 0 bridgehead atoms. The van der Waals surface area contributed by atoms with Gasteiger partial charge in [0.15, 0.2) is 6.19 Å². The van der Waals surface area contributed by atoms with E-state index in [0.29, 0.717) is 25.9 Å². The van der Waals surface area contributed by atoms with Gasteiger partial charge in [0.1, 0.15) is 4.90 Å². The van der Waals surface area contributed by atoms with Crippen molar-refractivity contribution < 1.29 is 16.8 Å². The van der Waals surface area contributed by atoms with Gasteiger partial charge in [-0.05, 0) is 43.2 Å². The third kappa shape index (κ3) is 4.31. The number of benzene rings is 2. The summed E-state index contributed by atoms with van der Waals surface area (Å²) in [5.74, 6) is 0. The molecule has 0 aliphatic carbocycles. The minimum atomic E-state index is -4.03. The highest BCUT2D eigenvalue weighted by Crippen LogP contribution is 2.28. The first-order valence-corrected chi connectivity index (χ1v) is 11.8. The molecule has 0 amide bonds. The lowest BCUT2D eigenvalue weighted by atomic mass is 10.1. The molecule has 0 saturated carbocycles. The number of piperidine rings is 1. The first-order chi connectivity index (χ1) is 13.2. The smallest absolute Gasteiger partial charge is 0.242 e. The van der Waals surface area contributed by atoms with Crippen LogP contribution in [-0.2, 0) is 19.9 Å². The molecule has 1 aliphatic rings. The molecule has 0 spiro atoms. The zero-order valence-corrected chi connectivity index (χ0v) is 17.1. The van der Waals surface area contributed by atoms with Crippen molar-refractivity contribution in [3.05, 3.63) is 53.6 Å². The van der Waals surface area contributed by atoms with E-state index in [-0.39, 0.29) is 25.8 Å². The van der Waals surface area contributed by atoms with Gasteiger partial charge in [-0.25, -0.2) is 21.6 Å². The third-order valence-electron chi connectivity index (χ3n) is 4.51. The molecular weight excluding hydrogens is 422 g/mol. The molecule has 1 aliphatic heterocycles. The molecule has 0 radical (unpaired) electrons. The molecule has 2 aromatic rings. The van der Waals surface area contributed by atoms with Crippen molar-refractivity contribution in [1.82, 2.24) is 9.62 Å². The predicted octanol–water partition coefficient (Wildman–Crippen LogP) is 2.40. The van der Waals surface area contributed by atoms with Gasteiger partial charge < -0.3 is 4.90 Å². The highest BCUT2D eigenvalue weighted by Gasteiger charge is 2.28. The van der Waals surface area contributed by atoms with E-state index in [0.717, 1.165) is 6.07 Å². The minimum absolute atomic E-state index is 0.0611. The number of sulfone groups is 1. The summed E-state index contributed by atoms with van der Waals surface area (Å²) < 4.78 is 53.8. The topological polar surface area (TPSA) is 107 Å². The molecule has 0 atom stereocenters. The van der Waals surface area contributed by atoms with Crippen molar-refractivity contribution in [2.24, 2.45) is 0 Å². The van der Waals surface area contributed by atoms with Gasteiger partial charge in [-0.15, -0.1) is 0 Å². The van der Waals surface area contributed by atoms with Gasteiger partial charge in [-0.3, -0.25) is 0 Å². The molecular formula is C18H18ClN3O4S2. The molecule has 1 N–H and O–H groups in total. The molecule has 7 nitrogen and oxygen atoms in total. The Bertz CT molecular complexity index is 1110. The average molecular weight is 440 g/mol. The molecule has 0 unspecified atom stereocenters. The van der Waals surface area contributed by atoms with Crippen LogP contribution in [0.5, 0.6) is 0 Å². The van der Waals surface area contributed by atoms with E-state index in [1.165, 1.54) is 24.3 Å². The van der Waals surface area contributed by atoms with Gasteiger partial charge in [0.05, 0.1) is 14.8 Å². The highest BCUT2D eigenvalue weighted by atomic mass is 35.5. The molecule has 2 aromatic carbocycles. The van der Waals surface area contributed by atoms with Crippen LogP contribution < -0.4 is 4.72 Å². The number of halogens is 1. The Morgan fingerprint density at radius 1 is 1.00 bits per heavy atom. The number of rotatable bonds is 5. The molecule has 1 saturated heterocycles. The fraction of sp³-hybridized carbons (Fsp3) is 0.278. The van der Waals surface area contributed by atoms with E-state index in [1.807, 2.05) is 6.19 Å². The van der Waals surface area contributed by atoms with Crippen LogP contribution >= 0.6 is 11.6 Å². The quantitative estimate of drug-likeness (QED) is 0.717. The SMILES string of the molecule is N#CN1CCC(NS(=O)(=O)c2cc(S(=O)(=O)c3ccccc3)ccc2Cl)CC1. The second-order valence-corrected chi connectivity index (χ2v) is 10.4. The lowest BCUT2D eigenvalue weighted by molar-refractivity contribution is 0.285. The zero-order chi connectivity index (χ0) is 20.4. The Morgan fingerprint density at radius 3 is 2.25 bits per heavy atom. The fourth-order valence-corrected chi connectivity index (χ4v) is 6.19. The van der Waals surface area contributed by atoms with E-state index in [9.17, 15) is 16.8 Å². The predicted molar refractivity (Wildman–Crippen MR) is 104 cm³/mol. The molecule has 1 fully saturated rings. The van der Waals surface area contributed by atoms with Crippen LogP contribution in [0.25, 0.3) is 0 Å². The van der Waals surface area contributed by atoms with E-state index < -0.39 is 19.9 Å². The standard InChI is InChI=1S/C18H18ClN3O4S2/c19-17-7-6-16(27(23,24)15-4-2-1-3-5-15)12-18(17)28(25,26)21-14-8-10-22(13-20)11-9-14/h1-7,12,14,21H,8-11H2. The van der Waals surface area contributed by atoms with Gasteiger partial charge in [0.2, 0.25) is 19.9 Å². The van der Waals surface area contributed by atoms with Crippen LogP contribution in [0.1, 0.15) is 12.8 Å². The molecule has 10 heteroatoms. The van der Waals surface area contributed by atoms with Gasteiger partial charge >= 0.3 is 0 Å². The summed E-state index contributed by atoms with van der Waals surface area (Å²) in [7, 11) is -7.90. The van der Waals surface area contributed by atoms with Gasteiger partial charge in [-0.2, -0.15) is 5.26 Å². The Labute approximate surface area is 169 Å². The normalized spacial score (nSPS) is 15.9. The number of likely N-dealkylation sites (tertiary alicyclic amines) is 1. The first-order valence-electron chi connectivity index (χ1n) is 8.51. The largest absolute Gasteiger partial charge is 0.311 e. The van der Waals surface area contributed by atoms with Crippen molar-refractivity contribution in [1.29, 1.82) is 5.26 Å². The third-order valence-corrected chi connectivity index (χ3v) is 8.28. The van der Waals surface area contributed by atoms with Crippen molar-refractivity contribution in [2.75, 3.05) is 13.1 Å². The molecule has 3 rings (SSSR count). The number of nitrogens with zero attached hydrogens (tertiary/aromatic N) is 2. The summed E-state index contributed by atoms with van der Waals surface area (Å²) in [6.45, 7) is 0.916. The van der Waals surface area contributed by atoms with Crippen LogP contribution in [0.3, 0.4) is 0 Å². The van der Waals surface area contributed by atoms with Crippen molar-refractivity contribution >= 4 is 31.5 Å². The van der Waals surface area contributed by atoms with E-state index in [1.54, 1.807) is 23.1 Å². The summed E-state index contributed by atoms with van der Waals surface area (Å²) in [6.07, 6.45) is 2.99. The molecule has 28 heavy (non-hydrogen) atoms. The maximum Gasteiger partial charge on any atom is 0.242 e. The Balaban J connectivity index is 1.90. The summed E-state index contributed by atoms with van der Waals surface area (Å²) in [5, 5.41) is 8.83. The van der Waals surface area contributed by atoms with Crippen LogP contribution in [0, 0.1) is 11.5 Å². The Morgan fingerprint density at radius 2 is 1.64 bits per heavy atom. The van der Waals surface area contributed by atoms with Crippen molar-refractivity contribution in [2.45, 2.75) is 33.6 Å². The first kappa shape index (κ1) is 20.6. The lowest BCUT2D eigenvalue weighted by Crippen LogP contribution is -2.43. The maximum atomic E-state index is 12.8. The minimum Gasteiger partial charge on any atom is -0.311 e. The summed E-state index contributed by atoms with van der Waals surface area (Å²) >= 11 is 6.07. The van der Waals surface area contributed by atoms with Crippen LogP contribution in [-0.4, -0.2) is 40.9 Å². The molecule has 1 heterocycles. The number of hydrogen-bond acceptors (Lipinski definition) is 6. The number of hydrogen-bond donors (Lipinski definition) is 1. The number of nitrogens with one attached hydrogen (secondary N) is 1. The molecule has 0 aromatic heterocycles. The van der Waals surface area contributed by atoms with Gasteiger partial charge in [0.25, 0.3) is 0 Å². The summed E-state index contributed by atoms with van der Waals surface area (Å²) in [6, 6.07) is 11.1. The summed E-state index contributed by atoms with van der Waals surface area (Å²) in [5.41, 5.74) is 0. The van der Waals surface area contributed by atoms with E-state index in [4.69, 9.17) is 16.9 Å². The highest BCUT2D eigenvalue weighted by molar-refractivity contribution is 7.91. The van der Waals surface area contributed by atoms with Crippen LogP contribution in [0.15, 0.2) is 63.2 Å². The van der Waals surface area contributed by atoms with E-state index >= 15 is 0 Å². The second-order valence-electron chi connectivity index (χ2n) is 6.39. The maximum absolute atomic E-state index is 12.8. The number of nitriles is 1. The van der Waals surface area contributed by atoms with Gasteiger partial charge in [-0.1, -0.05) is 29.8 Å². The number of sulfonamides is 1. The van der Waals surface area contributed by atoms with Gasteiger partial charge in [0, 0.05) is 19.1 Å².